The molecule has 9 heteroatoms. The highest BCUT2D eigenvalue weighted by molar-refractivity contribution is 5.97. The second-order valence-electron chi connectivity index (χ2n) is 8.83. The molecule has 1 atom stereocenters. The average molecular weight is 474 g/mol. The molecule has 1 fully saturated rings. The summed E-state index contributed by atoms with van der Waals surface area (Å²) in [6, 6.07) is 15.1. The Labute approximate surface area is 205 Å². The van der Waals surface area contributed by atoms with Gasteiger partial charge in [-0.05, 0) is 55.3 Å². The molecule has 0 spiro atoms. The Kier molecular flexibility index (Phi) is 7.57. The number of piperidine rings is 1. The number of carbonyl (C=O) groups is 2. The summed E-state index contributed by atoms with van der Waals surface area (Å²) in [5.41, 5.74) is 9.94. The van der Waals surface area contributed by atoms with E-state index in [4.69, 9.17) is 5.73 Å². The zero-order valence-corrected chi connectivity index (χ0v) is 20.0. The van der Waals surface area contributed by atoms with Crippen molar-refractivity contribution in [1.29, 1.82) is 0 Å². The van der Waals surface area contributed by atoms with Crippen LogP contribution in [0.2, 0.25) is 0 Å². The largest absolute Gasteiger partial charge is 0.382 e. The van der Waals surface area contributed by atoms with Gasteiger partial charge in [0.05, 0.1) is 11.9 Å². The van der Waals surface area contributed by atoms with Crippen LogP contribution in [-0.4, -0.2) is 55.0 Å². The summed E-state index contributed by atoms with van der Waals surface area (Å²) in [4.78, 5) is 36.0. The monoisotopic (exact) mass is 473 g/mol. The molecule has 2 heterocycles. The van der Waals surface area contributed by atoms with Crippen LogP contribution in [0, 0.1) is 0 Å². The second kappa shape index (κ2) is 11.0. The first-order valence-corrected chi connectivity index (χ1v) is 11.7. The molecule has 0 saturated carbocycles. The van der Waals surface area contributed by atoms with Gasteiger partial charge in [-0.2, -0.15) is 0 Å². The fourth-order valence-electron chi connectivity index (χ4n) is 3.97. The molecule has 4 rings (SSSR count). The zero-order valence-electron chi connectivity index (χ0n) is 20.0. The minimum Gasteiger partial charge on any atom is -0.382 e. The number of amides is 2. The van der Waals surface area contributed by atoms with Gasteiger partial charge in [-0.25, -0.2) is 9.97 Å². The Morgan fingerprint density at radius 2 is 1.94 bits per heavy atom. The van der Waals surface area contributed by atoms with Gasteiger partial charge in [-0.3, -0.25) is 9.59 Å². The van der Waals surface area contributed by atoms with Crippen molar-refractivity contribution >= 4 is 23.3 Å². The van der Waals surface area contributed by atoms with Gasteiger partial charge in [0.25, 0.3) is 11.8 Å². The average Bonchev–Trinajstić information content (AvgIpc) is 2.88. The van der Waals surface area contributed by atoms with E-state index in [1.807, 2.05) is 55.4 Å². The molecule has 1 aromatic heterocycles. The molecular weight excluding hydrogens is 442 g/mol. The first-order valence-electron chi connectivity index (χ1n) is 11.7. The minimum absolute atomic E-state index is 0.0483. The highest BCUT2D eigenvalue weighted by atomic mass is 16.2. The van der Waals surface area contributed by atoms with E-state index in [0.717, 1.165) is 42.7 Å². The maximum Gasteiger partial charge on any atom is 0.274 e. The van der Waals surface area contributed by atoms with E-state index >= 15 is 0 Å². The van der Waals surface area contributed by atoms with Crippen molar-refractivity contribution in [2.24, 2.45) is 0 Å². The molecule has 9 nitrogen and oxygen atoms in total. The Hall–Kier alpha value is -3.98. The van der Waals surface area contributed by atoms with Gasteiger partial charge >= 0.3 is 0 Å². The smallest absolute Gasteiger partial charge is 0.274 e. The van der Waals surface area contributed by atoms with Crippen LogP contribution in [0.5, 0.6) is 0 Å². The number of nitrogens with one attached hydrogen (secondary N) is 3. The standard InChI is InChI=1S/C26H31N7O2/c1-33(2)21-10-8-18(9-11-21)25(34)30-14-17-5-3-6-19(13-17)22-16-29-24(27)23(32-22)26(35)31-20-7-4-12-28-15-20/h3,5-6,8-11,13,16,20,28H,4,7,12,14-15H2,1-2H3,(H2,27,29)(H,30,34)(H,31,35)/t20-/m0/s1. The molecular formula is C26H31N7O2. The van der Waals surface area contributed by atoms with Crippen molar-refractivity contribution in [3.8, 4) is 11.3 Å². The third-order valence-corrected chi connectivity index (χ3v) is 5.97. The molecule has 0 radical (unpaired) electrons. The summed E-state index contributed by atoms with van der Waals surface area (Å²) < 4.78 is 0. The number of aromatic nitrogens is 2. The number of nitrogen functional groups attached to an aromatic ring is 1. The van der Waals surface area contributed by atoms with Crippen LogP contribution in [0.1, 0.15) is 39.3 Å². The van der Waals surface area contributed by atoms with Gasteiger partial charge in [0.1, 0.15) is 0 Å². The Morgan fingerprint density at radius 1 is 1.14 bits per heavy atom. The molecule has 0 aliphatic carbocycles. The van der Waals surface area contributed by atoms with E-state index in [0.29, 0.717) is 17.8 Å². The van der Waals surface area contributed by atoms with E-state index in [9.17, 15) is 9.59 Å². The maximum absolute atomic E-state index is 12.8. The van der Waals surface area contributed by atoms with Crippen LogP contribution in [0.15, 0.2) is 54.7 Å². The molecule has 3 aromatic rings. The number of benzene rings is 2. The molecule has 5 N–H and O–H groups in total. The summed E-state index contributed by atoms with van der Waals surface area (Å²) in [6.45, 7) is 2.04. The van der Waals surface area contributed by atoms with E-state index < -0.39 is 0 Å². The summed E-state index contributed by atoms with van der Waals surface area (Å²) in [5.74, 6) is -0.378. The maximum atomic E-state index is 12.8. The van der Waals surface area contributed by atoms with E-state index in [1.54, 1.807) is 18.3 Å². The molecule has 35 heavy (non-hydrogen) atoms. The topological polar surface area (TPSA) is 125 Å². The van der Waals surface area contributed by atoms with Crippen LogP contribution in [0.4, 0.5) is 11.5 Å². The van der Waals surface area contributed by atoms with Crippen LogP contribution >= 0.6 is 0 Å². The Morgan fingerprint density at radius 3 is 2.66 bits per heavy atom. The molecule has 2 amide bonds. The molecule has 182 valence electrons. The van der Waals surface area contributed by atoms with Crippen molar-refractivity contribution in [3.05, 3.63) is 71.5 Å². The van der Waals surface area contributed by atoms with Gasteiger partial charge in [-0.15, -0.1) is 0 Å². The highest BCUT2D eigenvalue weighted by Crippen LogP contribution is 2.20. The summed E-state index contributed by atoms with van der Waals surface area (Å²) >= 11 is 0. The number of anilines is 2. The van der Waals surface area contributed by atoms with Gasteiger partial charge in [0.2, 0.25) is 0 Å². The minimum atomic E-state index is -0.325. The van der Waals surface area contributed by atoms with Crippen molar-refractivity contribution < 1.29 is 9.59 Å². The molecule has 2 aromatic carbocycles. The Bertz CT molecular complexity index is 1190. The number of hydrogen-bond acceptors (Lipinski definition) is 7. The normalized spacial score (nSPS) is 15.3. The lowest BCUT2D eigenvalue weighted by atomic mass is 10.1. The van der Waals surface area contributed by atoms with Gasteiger partial charge in [0, 0.05) is 50.0 Å². The quantitative estimate of drug-likeness (QED) is 0.415. The second-order valence-corrected chi connectivity index (χ2v) is 8.83. The van der Waals surface area contributed by atoms with Crippen LogP contribution in [0.3, 0.4) is 0 Å². The number of rotatable bonds is 7. The summed E-state index contributed by atoms with van der Waals surface area (Å²) in [5, 5.41) is 9.21. The van der Waals surface area contributed by atoms with E-state index in [2.05, 4.69) is 25.9 Å². The van der Waals surface area contributed by atoms with Crippen molar-refractivity contribution in [2.75, 3.05) is 37.8 Å². The fourth-order valence-corrected chi connectivity index (χ4v) is 3.97. The van der Waals surface area contributed by atoms with E-state index in [-0.39, 0.29) is 29.4 Å². The third-order valence-electron chi connectivity index (χ3n) is 5.97. The lowest BCUT2D eigenvalue weighted by molar-refractivity contribution is 0.0924. The number of hydrogen-bond donors (Lipinski definition) is 4. The molecule has 1 aliphatic rings. The number of nitrogens with two attached hydrogens (primary N) is 1. The van der Waals surface area contributed by atoms with Crippen molar-refractivity contribution in [1.82, 2.24) is 25.9 Å². The summed E-state index contributed by atoms with van der Waals surface area (Å²) in [6.07, 6.45) is 3.48. The lowest BCUT2D eigenvalue weighted by Gasteiger charge is -2.23. The number of nitrogens with zero attached hydrogens (tertiary/aromatic N) is 3. The first-order chi connectivity index (χ1) is 16.9. The predicted molar refractivity (Wildman–Crippen MR) is 137 cm³/mol. The zero-order chi connectivity index (χ0) is 24.8. The van der Waals surface area contributed by atoms with Gasteiger partial charge in [0.15, 0.2) is 11.5 Å². The van der Waals surface area contributed by atoms with E-state index in [1.165, 1.54) is 0 Å². The highest BCUT2D eigenvalue weighted by Gasteiger charge is 2.20. The van der Waals surface area contributed by atoms with Gasteiger partial charge in [-0.1, -0.05) is 18.2 Å². The fraction of sp³-hybridized carbons (Fsp3) is 0.308. The van der Waals surface area contributed by atoms with Crippen LogP contribution in [0.25, 0.3) is 11.3 Å². The third kappa shape index (κ3) is 6.13. The predicted octanol–water partition coefficient (Wildman–Crippen LogP) is 2.20. The first kappa shape index (κ1) is 24.2. The molecule has 1 aliphatic heterocycles. The molecule has 0 bridgehead atoms. The van der Waals surface area contributed by atoms with Crippen LogP contribution < -0.4 is 26.6 Å². The summed E-state index contributed by atoms with van der Waals surface area (Å²) in [7, 11) is 3.91. The van der Waals surface area contributed by atoms with Crippen LogP contribution in [-0.2, 0) is 6.54 Å². The number of carbonyl (C=O) groups excluding carboxylic acids is 2. The molecule has 1 saturated heterocycles. The SMILES string of the molecule is CN(C)c1ccc(C(=O)NCc2cccc(-c3cnc(N)c(C(=O)N[C@H]4CCCNC4)n3)c2)cc1. The van der Waals surface area contributed by atoms with Crippen molar-refractivity contribution in [2.45, 2.75) is 25.4 Å². The van der Waals surface area contributed by atoms with Crippen molar-refractivity contribution in [3.63, 3.8) is 0 Å². The lowest BCUT2D eigenvalue weighted by Crippen LogP contribution is -2.46. The molecule has 0 unspecified atom stereocenters. The Balaban J connectivity index is 1.44. The van der Waals surface area contributed by atoms with Gasteiger partial charge < -0.3 is 26.6 Å².